The van der Waals surface area contributed by atoms with Gasteiger partial charge in [0.2, 0.25) is 5.91 Å². The quantitative estimate of drug-likeness (QED) is 0.778. The van der Waals surface area contributed by atoms with Crippen LogP contribution in [-0.2, 0) is 4.79 Å². The third kappa shape index (κ3) is 6.63. The van der Waals surface area contributed by atoms with Crippen molar-refractivity contribution in [3.05, 3.63) is 35.4 Å². The van der Waals surface area contributed by atoms with Crippen LogP contribution in [0.3, 0.4) is 0 Å². The maximum absolute atomic E-state index is 13.8. The molecule has 1 unspecified atom stereocenters. The number of benzene rings is 1. The van der Waals surface area contributed by atoms with E-state index in [9.17, 15) is 18.4 Å². The van der Waals surface area contributed by atoms with Crippen molar-refractivity contribution in [3.63, 3.8) is 0 Å². The largest absolute Gasteiger partial charge is 0.350 e. The van der Waals surface area contributed by atoms with Crippen molar-refractivity contribution in [2.45, 2.75) is 45.7 Å². The van der Waals surface area contributed by atoms with Crippen molar-refractivity contribution >= 4 is 11.9 Å². The third-order valence-corrected chi connectivity index (χ3v) is 2.97. The van der Waals surface area contributed by atoms with E-state index in [4.69, 9.17) is 0 Å². The van der Waals surface area contributed by atoms with Gasteiger partial charge >= 0.3 is 6.03 Å². The molecule has 0 fully saturated rings. The van der Waals surface area contributed by atoms with Crippen molar-refractivity contribution in [1.29, 1.82) is 0 Å². The Hall–Kier alpha value is -2.18. The summed E-state index contributed by atoms with van der Waals surface area (Å²) in [5.74, 6) is -1.51. The summed E-state index contributed by atoms with van der Waals surface area (Å²) >= 11 is 0. The standard InChI is InChI=1S/C16H23F2N3O2/c1-5-13(11-8-10(17)6-7-12(11)18)20-15(23)19-9-14(22)21-16(2,3)4/h6-8,13H,5,9H2,1-4H3,(H,21,22)(H2,19,20,23). The van der Waals surface area contributed by atoms with E-state index < -0.39 is 29.2 Å². The van der Waals surface area contributed by atoms with Gasteiger partial charge in [-0.3, -0.25) is 4.79 Å². The number of hydrogen-bond donors (Lipinski definition) is 3. The van der Waals surface area contributed by atoms with Gasteiger partial charge in [-0.2, -0.15) is 0 Å². The molecule has 0 bridgehead atoms. The highest BCUT2D eigenvalue weighted by molar-refractivity contribution is 5.84. The van der Waals surface area contributed by atoms with Gasteiger partial charge in [-0.15, -0.1) is 0 Å². The van der Waals surface area contributed by atoms with Gasteiger partial charge in [0.1, 0.15) is 11.6 Å². The molecule has 0 aromatic heterocycles. The fraction of sp³-hybridized carbons (Fsp3) is 0.500. The van der Waals surface area contributed by atoms with Gasteiger partial charge < -0.3 is 16.0 Å². The Balaban J connectivity index is 2.61. The zero-order valence-electron chi connectivity index (χ0n) is 13.8. The molecule has 0 heterocycles. The molecular formula is C16H23F2N3O2. The van der Waals surface area contributed by atoms with Gasteiger partial charge in [-0.1, -0.05) is 6.92 Å². The van der Waals surface area contributed by atoms with E-state index in [0.29, 0.717) is 6.42 Å². The Labute approximate surface area is 134 Å². The average Bonchev–Trinajstić information content (AvgIpc) is 2.43. The molecular weight excluding hydrogens is 304 g/mol. The highest BCUT2D eigenvalue weighted by Gasteiger charge is 2.18. The maximum Gasteiger partial charge on any atom is 0.315 e. The minimum atomic E-state index is -0.684. The molecule has 3 amide bonds. The summed E-state index contributed by atoms with van der Waals surface area (Å²) in [6.07, 6.45) is 0.377. The first-order valence-corrected chi connectivity index (χ1v) is 7.42. The summed E-state index contributed by atoms with van der Waals surface area (Å²) in [6, 6.07) is 1.78. The van der Waals surface area contributed by atoms with Crippen LogP contribution in [0.25, 0.3) is 0 Å². The van der Waals surface area contributed by atoms with Crippen LogP contribution in [0.15, 0.2) is 18.2 Å². The van der Waals surface area contributed by atoms with Crippen LogP contribution in [-0.4, -0.2) is 24.0 Å². The molecule has 0 aliphatic heterocycles. The molecule has 0 radical (unpaired) electrons. The smallest absolute Gasteiger partial charge is 0.315 e. The Bertz CT molecular complexity index is 571. The molecule has 0 spiro atoms. The summed E-state index contributed by atoms with van der Waals surface area (Å²) in [6.45, 7) is 7.01. The van der Waals surface area contributed by atoms with Crippen LogP contribution in [0.4, 0.5) is 13.6 Å². The lowest BCUT2D eigenvalue weighted by Gasteiger charge is -2.21. The summed E-state index contributed by atoms with van der Waals surface area (Å²) in [4.78, 5) is 23.5. The highest BCUT2D eigenvalue weighted by Crippen LogP contribution is 2.20. The Kier molecular flexibility index (Phi) is 6.48. The van der Waals surface area contributed by atoms with E-state index in [1.165, 1.54) is 0 Å². The molecule has 0 aliphatic carbocycles. The molecule has 5 nitrogen and oxygen atoms in total. The number of amides is 3. The Morgan fingerprint density at radius 3 is 2.43 bits per heavy atom. The first-order chi connectivity index (χ1) is 10.6. The minimum absolute atomic E-state index is 0.0711. The van der Waals surface area contributed by atoms with E-state index in [-0.39, 0.29) is 18.0 Å². The molecule has 0 saturated heterocycles. The number of halogens is 2. The fourth-order valence-corrected chi connectivity index (χ4v) is 2.01. The minimum Gasteiger partial charge on any atom is -0.350 e. The van der Waals surface area contributed by atoms with Gasteiger partial charge in [-0.05, 0) is 45.4 Å². The van der Waals surface area contributed by atoms with Gasteiger partial charge in [0.15, 0.2) is 0 Å². The zero-order chi connectivity index (χ0) is 17.6. The van der Waals surface area contributed by atoms with E-state index >= 15 is 0 Å². The molecule has 23 heavy (non-hydrogen) atoms. The first-order valence-electron chi connectivity index (χ1n) is 7.42. The monoisotopic (exact) mass is 327 g/mol. The third-order valence-electron chi connectivity index (χ3n) is 2.97. The Morgan fingerprint density at radius 1 is 1.22 bits per heavy atom. The van der Waals surface area contributed by atoms with Crippen LogP contribution < -0.4 is 16.0 Å². The van der Waals surface area contributed by atoms with Crippen LogP contribution in [0.2, 0.25) is 0 Å². The van der Waals surface area contributed by atoms with E-state index in [0.717, 1.165) is 18.2 Å². The van der Waals surface area contributed by atoms with Crippen LogP contribution >= 0.6 is 0 Å². The second kappa shape index (κ2) is 7.89. The second-order valence-corrected chi connectivity index (χ2v) is 6.25. The molecule has 128 valence electrons. The van der Waals surface area contributed by atoms with Gasteiger partial charge in [-0.25, -0.2) is 13.6 Å². The molecule has 0 saturated carbocycles. The highest BCUT2D eigenvalue weighted by atomic mass is 19.1. The molecule has 1 aromatic rings. The maximum atomic E-state index is 13.8. The normalized spacial score (nSPS) is 12.4. The summed E-state index contributed by atoms with van der Waals surface area (Å²) in [5, 5.41) is 7.63. The van der Waals surface area contributed by atoms with Crippen molar-refractivity contribution in [2.24, 2.45) is 0 Å². The molecule has 1 atom stereocenters. The molecule has 3 N–H and O–H groups in total. The predicted octanol–water partition coefficient (Wildman–Crippen LogP) is 2.63. The molecule has 7 heteroatoms. The predicted molar refractivity (Wildman–Crippen MR) is 83.8 cm³/mol. The average molecular weight is 327 g/mol. The number of carbonyl (C=O) groups is 2. The lowest BCUT2D eigenvalue weighted by Crippen LogP contribution is -2.48. The topological polar surface area (TPSA) is 70.2 Å². The number of nitrogens with one attached hydrogen (secondary N) is 3. The summed E-state index contributed by atoms with van der Waals surface area (Å²) < 4.78 is 27.0. The van der Waals surface area contributed by atoms with Crippen molar-refractivity contribution in [2.75, 3.05) is 6.54 Å². The zero-order valence-corrected chi connectivity index (χ0v) is 13.8. The van der Waals surface area contributed by atoms with E-state index in [2.05, 4.69) is 16.0 Å². The Morgan fingerprint density at radius 2 is 1.87 bits per heavy atom. The van der Waals surface area contributed by atoms with Crippen molar-refractivity contribution in [3.8, 4) is 0 Å². The number of urea groups is 1. The van der Waals surface area contributed by atoms with Gasteiger partial charge in [0.25, 0.3) is 0 Å². The van der Waals surface area contributed by atoms with Gasteiger partial charge in [0, 0.05) is 11.1 Å². The summed E-state index contributed by atoms with van der Waals surface area (Å²) in [5.41, 5.74) is -0.326. The molecule has 1 rings (SSSR count). The lowest BCUT2D eigenvalue weighted by molar-refractivity contribution is -0.121. The van der Waals surface area contributed by atoms with Gasteiger partial charge in [0.05, 0.1) is 12.6 Å². The van der Waals surface area contributed by atoms with E-state index in [1.54, 1.807) is 6.92 Å². The molecule has 0 aliphatic rings. The first kappa shape index (κ1) is 18.9. The second-order valence-electron chi connectivity index (χ2n) is 6.25. The SMILES string of the molecule is CCC(NC(=O)NCC(=O)NC(C)(C)C)c1cc(F)ccc1F. The van der Waals surface area contributed by atoms with Crippen molar-refractivity contribution in [1.82, 2.24) is 16.0 Å². The fourth-order valence-electron chi connectivity index (χ4n) is 2.01. The van der Waals surface area contributed by atoms with Crippen LogP contribution in [0.1, 0.15) is 45.7 Å². The van der Waals surface area contributed by atoms with Crippen molar-refractivity contribution < 1.29 is 18.4 Å². The number of rotatable bonds is 5. The van der Waals surface area contributed by atoms with E-state index in [1.807, 2.05) is 20.8 Å². The van der Waals surface area contributed by atoms with Crippen LogP contribution in [0, 0.1) is 11.6 Å². The number of hydrogen-bond acceptors (Lipinski definition) is 2. The number of carbonyl (C=O) groups excluding carboxylic acids is 2. The lowest BCUT2D eigenvalue weighted by atomic mass is 10.0. The summed E-state index contributed by atoms with van der Waals surface area (Å²) in [7, 11) is 0. The molecule has 1 aromatic carbocycles. The van der Waals surface area contributed by atoms with Crippen LogP contribution in [0.5, 0.6) is 0 Å².